The number of rotatable bonds is 51. The Bertz CT molecular complexity index is 1520. The SMILES string of the molecule is CC/C=C\C/C=C\C/C=C\C/C=C\C/C=C\C/C=C\C/C=C\C/C=C\CCCCCCCCCCCCCCCCC(=O)OC(COC(=O)CCCCCCCCCC)COP(=O)(O)OCC[N+](C)(C)C. The summed E-state index contributed by atoms with van der Waals surface area (Å²) in [6, 6.07) is 0. The van der Waals surface area contributed by atoms with Gasteiger partial charge >= 0.3 is 19.8 Å². The topological polar surface area (TPSA) is 108 Å². The summed E-state index contributed by atoms with van der Waals surface area (Å²) < 4.78 is 34.3. The minimum absolute atomic E-state index is 0.0299. The van der Waals surface area contributed by atoms with Gasteiger partial charge in [0.2, 0.25) is 0 Å². The molecule has 0 aromatic carbocycles. The highest BCUT2D eigenvalue weighted by Crippen LogP contribution is 2.43. The number of phosphoric acid groups is 1. The second kappa shape index (κ2) is 51.8. The third-order valence-electron chi connectivity index (χ3n) is 11.9. The second-order valence-corrected chi connectivity index (χ2v) is 21.4. The van der Waals surface area contributed by atoms with Gasteiger partial charge in [0, 0.05) is 12.8 Å². The fourth-order valence-electron chi connectivity index (χ4n) is 7.50. The molecule has 0 spiro atoms. The first-order valence-electron chi connectivity index (χ1n) is 28.5. The summed E-state index contributed by atoms with van der Waals surface area (Å²) in [4.78, 5) is 35.4. The zero-order chi connectivity index (χ0) is 52.0. The van der Waals surface area contributed by atoms with Crippen LogP contribution in [0.1, 0.15) is 226 Å². The molecule has 0 radical (unpaired) electrons. The first kappa shape index (κ1) is 67.9. The van der Waals surface area contributed by atoms with Crippen LogP contribution >= 0.6 is 7.82 Å². The number of allylic oxidation sites excluding steroid dienone is 16. The van der Waals surface area contributed by atoms with Gasteiger partial charge in [0.15, 0.2) is 6.10 Å². The van der Waals surface area contributed by atoms with Crippen molar-refractivity contribution in [1.82, 2.24) is 0 Å². The van der Waals surface area contributed by atoms with Crippen LogP contribution in [0.3, 0.4) is 0 Å². The number of nitrogens with zero attached hydrogens (tertiary/aromatic N) is 1. The fraction of sp³-hybridized carbons (Fsp3) is 0.705. The van der Waals surface area contributed by atoms with E-state index < -0.39 is 26.5 Å². The van der Waals surface area contributed by atoms with Crippen molar-refractivity contribution >= 4 is 19.8 Å². The van der Waals surface area contributed by atoms with E-state index in [4.69, 9.17) is 18.5 Å². The summed E-state index contributed by atoms with van der Waals surface area (Å²) in [5.74, 6) is -0.803. The molecule has 0 aliphatic carbocycles. The number of hydrogen-bond acceptors (Lipinski definition) is 7. The van der Waals surface area contributed by atoms with Crippen LogP contribution in [-0.4, -0.2) is 74.9 Å². The summed E-state index contributed by atoms with van der Waals surface area (Å²) in [5, 5.41) is 0. The molecule has 0 amide bonds. The number of esters is 2. The molecule has 0 aliphatic heterocycles. The standard InChI is InChI=1S/C61H106NO8P/c1-6-8-10-12-14-16-17-18-19-20-21-22-23-24-25-26-27-28-29-30-31-32-33-34-35-36-37-38-39-40-41-42-43-44-45-46-48-50-52-54-61(64)70-59(58-69-71(65,66)68-56-55-62(3,4)5)57-67-60(63)53-51-49-47-15-13-11-9-7-2/h8,10,14,16,18-19,21-22,24-25,27-28,30-31,33-34,59H,6-7,9,11-13,15,17,20,23,26,29,32,35-58H2,1-5H3/p+1/b10-8-,16-14-,19-18-,22-21-,25-24-,28-27-,31-30-,34-33-. The molecule has 0 aromatic heterocycles. The van der Waals surface area contributed by atoms with Crippen LogP contribution in [-0.2, 0) is 32.7 Å². The van der Waals surface area contributed by atoms with Gasteiger partial charge in [-0.2, -0.15) is 0 Å². The zero-order valence-corrected chi connectivity index (χ0v) is 47.1. The number of carbonyl (C=O) groups is 2. The summed E-state index contributed by atoms with van der Waals surface area (Å²) in [5.41, 5.74) is 0. The van der Waals surface area contributed by atoms with Crippen LogP contribution in [0.15, 0.2) is 97.2 Å². The number of unbranched alkanes of at least 4 members (excludes halogenated alkanes) is 21. The normalized spacial score (nSPS) is 14.1. The van der Waals surface area contributed by atoms with Crippen LogP contribution in [0, 0.1) is 0 Å². The van der Waals surface area contributed by atoms with Gasteiger partial charge in [0.25, 0.3) is 0 Å². The third kappa shape index (κ3) is 56.1. The maximum atomic E-state index is 12.7. The van der Waals surface area contributed by atoms with Crippen molar-refractivity contribution in [2.24, 2.45) is 0 Å². The number of likely N-dealkylation sites (N-methyl/N-ethyl adjacent to an activating group) is 1. The van der Waals surface area contributed by atoms with Crippen LogP contribution in [0.25, 0.3) is 0 Å². The minimum atomic E-state index is -4.38. The Hall–Kier alpha value is -3.07. The molecule has 0 saturated heterocycles. The molecule has 0 fully saturated rings. The van der Waals surface area contributed by atoms with Crippen molar-refractivity contribution in [3.63, 3.8) is 0 Å². The number of ether oxygens (including phenoxy) is 2. The maximum absolute atomic E-state index is 12.7. The van der Waals surface area contributed by atoms with E-state index in [1.165, 1.54) is 103 Å². The van der Waals surface area contributed by atoms with E-state index in [1.54, 1.807) is 0 Å². The van der Waals surface area contributed by atoms with Gasteiger partial charge in [-0.3, -0.25) is 18.6 Å². The largest absolute Gasteiger partial charge is 0.472 e. The molecular weight excluding hydrogens is 906 g/mol. The van der Waals surface area contributed by atoms with Gasteiger partial charge in [-0.1, -0.05) is 233 Å². The average molecular weight is 1010 g/mol. The van der Waals surface area contributed by atoms with E-state index in [9.17, 15) is 19.0 Å². The van der Waals surface area contributed by atoms with Crippen LogP contribution < -0.4 is 0 Å². The molecule has 2 unspecified atom stereocenters. The lowest BCUT2D eigenvalue weighted by Crippen LogP contribution is -2.37. The highest BCUT2D eigenvalue weighted by Gasteiger charge is 2.27. The summed E-state index contributed by atoms with van der Waals surface area (Å²) in [7, 11) is 1.47. The average Bonchev–Trinajstić information content (AvgIpc) is 3.33. The first-order chi connectivity index (χ1) is 34.5. The number of hydrogen-bond donors (Lipinski definition) is 1. The molecule has 0 saturated carbocycles. The zero-order valence-electron chi connectivity index (χ0n) is 46.2. The summed E-state index contributed by atoms with van der Waals surface area (Å²) >= 11 is 0. The monoisotopic (exact) mass is 1010 g/mol. The Morgan fingerprint density at radius 2 is 0.803 bits per heavy atom. The van der Waals surface area contributed by atoms with E-state index >= 15 is 0 Å². The summed E-state index contributed by atoms with van der Waals surface area (Å²) in [6.45, 7) is 4.27. The molecule has 0 bridgehead atoms. The molecule has 0 rings (SSSR count). The summed E-state index contributed by atoms with van der Waals surface area (Å²) in [6.07, 6.45) is 70.8. The smallest absolute Gasteiger partial charge is 0.462 e. The minimum Gasteiger partial charge on any atom is -0.462 e. The van der Waals surface area contributed by atoms with E-state index in [0.717, 1.165) is 89.9 Å². The Balaban J connectivity index is 3.95. The van der Waals surface area contributed by atoms with Crippen molar-refractivity contribution in [2.45, 2.75) is 232 Å². The molecule has 0 aliphatic rings. The maximum Gasteiger partial charge on any atom is 0.472 e. The van der Waals surface area contributed by atoms with E-state index in [-0.39, 0.29) is 32.0 Å². The van der Waals surface area contributed by atoms with Crippen molar-refractivity contribution in [1.29, 1.82) is 0 Å². The van der Waals surface area contributed by atoms with Crippen LogP contribution in [0.2, 0.25) is 0 Å². The van der Waals surface area contributed by atoms with Gasteiger partial charge in [0.05, 0.1) is 27.7 Å². The Labute approximate surface area is 436 Å². The lowest BCUT2D eigenvalue weighted by Gasteiger charge is -2.24. The van der Waals surface area contributed by atoms with Crippen molar-refractivity contribution < 1.29 is 42.1 Å². The molecular formula is C61H107NO8P+. The van der Waals surface area contributed by atoms with E-state index in [1.807, 2.05) is 21.1 Å². The molecule has 1 N–H and O–H groups in total. The molecule has 9 nitrogen and oxygen atoms in total. The number of quaternary nitrogens is 1. The quantitative estimate of drug-likeness (QED) is 0.0211. The lowest BCUT2D eigenvalue weighted by molar-refractivity contribution is -0.870. The van der Waals surface area contributed by atoms with Gasteiger partial charge < -0.3 is 18.9 Å². The van der Waals surface area contributed by atoms with Gasteiger partial charge in [-0.25, -0.2) is 4.57 Å². The van der Waals surface area contributed by atoms with Gasteiger partial charge in [-0.15, -0.1) is 0 Å². The molecule has 71 heavy (non-hydrogen) atoms. The number of carbonyl (C=O) groups excluding carboxylic acids is 2. The molecule has 408 valence electrons. The van der Waals surface area contributed by atoms with Crippen molar-refractivity contribution in [3.05, 3.63) is 97.2 Å². The predicted molar refractivity (Wildman–Crippen MR) is 302 cm³/mol. The lowest BCUT2D eigenvalue weighted by atomic mass is 10.0. The Kier molecular flexibility index (Phi) is 49.6. The first-order valence-corrected chi connectivity index (χ1v) is 30.0. The predicted octanol–water partition coefficient (Wildman–Crippen LogP) is 17.6. The Morgan fingerprint density at radius 1 is 0.451 bits per heavy atom. The molecule has 0 aromatic rings. The molecule has 10 heteroatoms. The van der Waals surface area contributed by atoms with E-state index in [0.29, 0.717) is 17.4 Å². The van der Waals surface area contributed by atoms with E-state index in [2.05, 4.69) is 111 Å². The van der Waals surface area contributed by atoms with Crippen LogP contribution in [0.4, 0.5) is 0 Å². The number of phosphoric ester groups is 1. The highest BCUT2D eigenvalue weighted by molar-refractivity contribution is 7.47. The van der Waals surface area contributed by atoms with Crippen molar-refractivity contribution in [2.75, 3.05) is 47.5 Å². The van der Waals surface area contributed by atoms with Gasteiger partial charge in [0.1, 0.15) is 19.8 Å². The van der Waals surface area contributed by atoms with Crippen LogP contribution in [0.5, 0.6) is 0 Å². The third-order valence-corrected chi connectivity index (χ3v) is 12.9. The molecule has 0 heterocycles. The second-order valence-electron chi connectivity index (χ2n) is 19.9. The van der Waals surface area contributed by atoms with Crippen molar-refractivity contribution in [3.8, 4) is 0 Å². The highest BCUT2D eigenvalue weighted by atomic mass is 31.2. The van der Waals surface area contributed by atoms with Gasteiger partial charge in [-0.05, 0) is 77.0 Å². The fourth-order valence-corrected chi connectivity index (χ4v) is 8.24. The molecule has 2 atom stereocenters. The Morgan fingerprint density at radius 3 is 1.20 bits per heavy atom.